The number of aliphatic carboxylic acids is 1. The molecule has 1 aromatic carbocycles. The van der Waals surface area contributed by atoms with E-state index in [9.17, 15) is 14.0 Å². The van der Waals surface area contributed by atoms with E-state index in [2.05, 4.69) is 5.10 Å². The molecule has 7 heteroatoms. The Balaban J connectivity index is 1.97. The zero-order chi connectivity index (χ0) is 18.8. The zero-order valence-corrected chi connectivity index (χ0v) is 14.9. The Morgan fingerprint density at radius 3 is 2.58 bits per heavy atom. The predicted octanol–water partition coefficient (Wildman–Crippen LogP) is 2.83. The van der Waals surface area contributed by atoms with Crippen LogP contribution in [0.5, 0.6) is 0 Å². The lowest BCUT2D eigenvalue weighted by Gasteiger charge is -2.25. The van der Waals surface area contributed by atoms with Gasteiger partial charge < -0.3 is 10.0 Å². The Bertz CT molecular complexity index is 827. The molecule has 1 N–H and O–H groups in total. The number of aromatic nitrogens is 2. The van der Waals surface area contributed by atoms with Gasteiger partial charge in [-0.2, -0.15) is 5.10 Å². The van der Waals surface area contributed by atoms with Crippen LogP contribution < -0.4 is 0 Å². The molecule has 3 rings (SSSR count). The summed E-state index contributed by atoms with van der Waals surface area (Å²) < 4.78 is 14.9. The van der Waals surface area contributed by atoms with Crippen LogP contribution in [0.15, 0.2) is 24.3 Å². The van der Waals surface area contributed by atoms with Gasteiger partial charge in [0.05, 0.1) is 12.1 Å². The van der Waals surface area contributed by atoms with Crippen molar-refractivity contribution in [3.8, 4) is 5.69 Å². The molecular formula is C19H22FN3O3. The Morgan fingerprint density at radius 2 is 1.96 bits per heavy atom. The number of nitrogens with zero attached hydrogens (tertiary/aromatic N) is 3. The number of halogens is 1. The van der Waals surface area contributed by atoms with Gasteiger partial charge in [-0.05, 0) is 57.4 Å². The van der Waals surface area contributed by atoms with Crippen molar-refractivity contribution < 1.29 is 19.1 Å². The molecule has 0 aliphatic heterocycles. The van der Waals surface area contributed by atoms with Gasteiger partial charge in [0.25, 0.3) is 5.91 Å². The second-order valence-corrected chi connectivity index (χ2v) is 6.75. The number of fused-ring (bicyclic) bond motifs is 1. The number of rotatable bonds is 6. The van der Waals surface area contributed by atoms with E-state index in [4.69, 9.17) is 5.11 Å². The van der Waals surface area contributed by atoms with Crippen LogP contribution in [0.4, 0.5) is 4.39 Å². The summed E-state index contributed by atoms with van der Waals surface area (Å²) in [4.78, 5) is 25.5. The second-order valence-electron chi connectivity index (χ2n) is 6.75. The molecule has 6 nitrogen and oxygen atoms in total. The highest BCUT2D eigenvalue weighted by atomic mass is 19.1. The molecule has 0 saturated heterocycles. The summed E-state index contributed by atoms with van der Waals surface area (Å²) in [5.74, 6) is -1.51. The van der Waals surface area contributed by atoms with E-state index in [1.807, 2.05) is 13.8 Å². The predicted molar refractivity (Wildman–Crippen MR) is 94.0 cm³/mol. The van der Waals surface area contributed by atoms with E-state index < -0.39 is 5.97 Å². The summed E-state index contributed by atoms with van der Waals surface area (Å²) in [6.07, 6.45) is 2.41. The SMILES string of the molecule is CC(C)N(CCC(=O)O)C(=O)c1nn(-c2ccc(F)cc2)c2c1CCC2. The van der Waals surface area contributed by atoms with Crippen molar-refractivity contribution in [1.29, 1.82) is 0 Å². The Morgan fingerprint density at radius 1 is 1.27 bits per heavy atom. The molecule has 1 heterocycles. The maximum absolute atomic E-state index is 13.2. The minimum atomic E-state index is -0.939. The fourth-order valence-electron chi connectivity index (χ4n) is 3.35. The van der Waals surface area contributed by atoms with Crippen molar-refractivity contribution in [2.24, 2.45) is 0 Å². The van der Waals surface area contributed by atoms with E-state index in [1.165, 1.54) is 12.1 Å². The van der Waals surface area contributed by atoms with Gasteiger partial charge in [-0.25, -0.2) is 9.07 Å². The molecule has 1 aromatic heterocycles. The van der Waals surface area contributed by atoms with Gasteiger partial charge in [0.1, 0.15) is 5.82 Å². The third-order valence-electron chi connectivity index (χ3n) is 4.65. The molecule has 0 unspecified atom stereocenters. The molecule has 0 radical (unpaired) electrons. The van der Waals surface area contributed by atoms with Crippen molar-refractivity contribution >= 4 is 11.9 Å². The van der Waals surface area contributed by atoms with Gasteiger partial charge in [-0.15, -0.1) is 0 Å². The quantitative estimate of drug-likeness (QED) is 0.861. The first-order valence-corrected chi connectivity index (χ1v) is 8.78. The van der Waals surface area contributed by atoms with Gasteiger partial charge in [0, 0.05) is 23.8 Å². The minimum Gasteiger partial charge on any atom is -0.481 e. The number of benzene rings is 1. The lowest BCUT2D eigenvalue weighted by atomic mass is 10.1. The lowest BCUT2D eigenvalue weighted by Crippen LogP contribution is -2.39. The zero-order valence-electron chi connectivity index (χ0n) is 14.9. The fraction of sp³-hybridized carbons (Fsp3) is 0.421. The van der Waals surface area contributed by atoms with Gasteiger partial charge >= 0.3 is 5.97 Å². The molecule has 1 amide bonds. The van der Waals surface area contributed by atoms with Crippen molar-refractivity contribution in [3.05, 3.63) is 47.0 Å². The monoisotopic (exact) mass is 359 g/mol. The van der Waals surface area contributed by atoms with Gasteiger partial charge in [0.2, 0.25) is 0 Å². The Hall–Kier alpha value is -2.70. The average molecular weight is 359 g/mol. The number of carboxylic acid groups (broad SMARTS) is 1. The molecule has 0 spiro atoms. The number of carbonyl (C=O) groups is 2. The lowest BCUT2D eigenvalue weighted by molar-refractivity contribution is -0.137. The first kappa shape index (κ1) is 18.1. The van der Waals surface area contributed by atoms with Crippen molar-refractivity contribution in [2.45, 2.75) is 45.6 Å². The summed E-state index contributed by atoms with van der Waals surface area (Å²) in [7, 11) is 0. The van der Waals surface area contributed by atoms with Gasteiger partial charge in [-0.1, -0.05) is 0 Å². The van der Waals surface area contributed by atoms with Crippen LogP contribution in [0.1, 0.15) is 48.4 Å². The highest BCUT2D eigenvalue weighted by Crippen LogP contribution is 2.29. The van der Waals surface area contributed by atoms with Crippen LogP contribution in [-0.2, 0) is 17.6 Å². The van der Waals surface area contributed by atoms with E-state index >= 15 is 0 Å². The number of hydrogen-bond acceptors (Lipinski definition) is 3. The highest BCUT2D eigenvalue weighted by Gasteiger charge is 2.30. The van der Waals surface area contributed by atoms with E-state index in [-0.39, 0.29) is 30.7 Å². The van der Waals surface area contributed by atoms with Gasteiger partial charge in [0.15, 0.2) is 5.69 Å². The average Bonchev–Trinajstić information content (AvgIpc) is 3.17. The fourth-order valence-corrected chi connectivity index (χ4v) is 3.35. The summed E-state index contributed by atoms with van der Waals surface area (Å²) in [6, 6.07) is 5.88. The molecule has 0 saturated carbocycles. The molecular weight excluding hydrogens is 337 g/mol. The molecule has 26 heavy (non-hydrogen) atoms. The molecule has 0 bridgehead atoms. The van der Waals surface area contributed by atoms with Crippen LogP contribution in [0.3, 0.4) is 0 Å². The van der Waals surface area contributed by atoms with Crippen molar-refractivity contribution in [2.75, 3.05) is 6.54 Å². The van der Waals surface area contributed by atoms with Crippen LogP contribution in [-0.4, -0.2) is 44.3 Å². The topological polar surface area (TPSA) is 75.4 Å². The number of hydrogen-bond donors (Lipinski definition) is 1. The Kier molecular flexibility index (Phi) is 5.06. The van der Waals surface area contributed by atoms with Crippen LogP contribution >= 0.6 is 0 Å². The van der Waals surface area contributed by atoms with Crippen LogP contribution in [0, 0.1) is 5.82 Å². The standard InChI is InChI=1S/C19H22FN3O3/c1-12(2)22(11-10-17(24)25)19(26)18-15-4-3-5-16(15)23(21-18)14-8-6-13(20)7-9-14/h6-9,12H,3-5,10-11H2,1-2H3,(H,24,25). The highest BCUT2D eigenvalue weighted by molar-refractivity contribution is 5.94. The van der Waals surface area contributed by atoms with Gasteiger partial charge in [-0.3, -0.25) is 9.59 Å². The molecule has 0 atom stereocenters. The normalized spacial score (nSPS) is 13.1. The molecule has 1 aliphatic carbocycles. The maximum Gasteiger partial charge on any atom is 0.305 e. The largest absolute Gasteiger partial charge is 0.481 e. The summed E-state index contributed by atoms with van der Waals surface area (Å²) >= 11 is 0. The van der Waals surface area contributed by atoms with E-state index in [1.54, 1.807) is 21.7 Å². The van der Waals surface area contributed by atoms with Crippen LogP contribution in [0.2, 0.25) is 0 Å². The Labute approximate surface area is 151 Å². The first-order valence-electron chi connectivity index (χ1n) is 8.78. The van der Waals surface area contributed by atoms with Crippen molar-refractivity contribution in [1.82, 2.24) is 14.7 Å². The van der Waals surface area contributed by atoms with E-state index in [0.717, 1.165) is 30.5 Å². The second kappa shape index (κ2) is 7.27. The summed E-state index contributed by atoms with van der Waals surface area (Å²) in [6.45, 7) is 3.86. The molecule has 2 aromatic rings. The van der Waals surface area contributed by atoms with Crippen LogP contribution in [0.25, 0.3) is 5.69 Å². The number of carbonyl (C=O) groups excluding carboxylic acids is 1. The molecule has 1 aliphatic rings. The third kappa shape index (κ3) is 3.47. The molecule has 138 valence electrons. The number of carboxylic acids is 1. The molecule has 0 fully saturated rings. The van der Waals surface area contributed by atoms with Crippen molar-refractivity contribution in [3.63, 3.8) is 0 Å². The third-order valence-corrected chi connectivity index (χ3v) is 4.65. The minimum absolute atomic E-state index is 0.106. The summed E-state index contributed by atoms with van der Waals surface area (Å²) in [5, 5.41) is 13.5. The smallest absolute Gasteiger partial charge is 0.305 e. The van der Waals surface area contributed by atoms with E-state index in [0.29, 0.717) is 11.4 Å². The summed E-state index contributed by atoms with van der Waals surface area (Å²) in [5.41, 5.74) is 2.98. The number of amides is 1. The maximum atomic E-state index is 13.2. The first-order chi connectivity index (χ1) is 12.4.